The molecule has 2 unspecified atom stereocenters. The van der Waals surface area contributed by atoms with Crippen molar-refractivity contribution in [1.82, 2.24) is 14.6 Å². The van der Waals surface area contributed by atoms with E-state index in [1.54, 1.807) is 6.20 Å². The number of aliphatic hydroxyl groups excluding tert-OH is 1. The second-order valence-electron chi connectivity index (χ2n) is 5.37. The zero-order chi connectivity index (χ0) is 13.2. The minimum Gasteiger partial charge on any atom is -0.396 e. The Morgan fingerprint density at radius 2 is 2.26 bits per heavy atom. The molecule has 5 heteroatoms. The first-order chi connectivity index (χ1) is 9.28. The zero-order valence-electron chi connectivity index (χ0n) is 11.2. The summed E-state index contributed by atoms with van der Waals surface area (Å²) in [5, 5.41) is 17.4. The predicted molar refractivity (Wildman–Crippen MR) is 74.2 cm³/mol. The summed E-state index contributed by atoms with van der Waals surface area (Å²) in [5.74, 6) is 1.20. The standard InChI is InChI=1S/C14H20N4O/c1-10-8-13-14(15-6-7-18(13)17-10)16-12-5-3-2-4-11(12)9-19/h6-8,11-12,19H,2-5,9H2,1H3,(H,15,16). The van der Waals surface area contributed by atoms with Gasteiger partial charge in [-0.05, 0) is 25.8 Å². The summed E-state index contributed by atoms with van der Waals surface area (Å²) in [7, 11) is 0. The number of hydrogen-bond acceptors (Lipinski definition) is 4. The molecule has 0 saturated heterocycles. The van der Waals surface area contributed by atoms with E-state index in [0.717, 1.165) is 29.9 Å². The molecule has 0 radical (unpaired) electrons. The van der Waals surface area contributed by atoms with Gasteiger partial charge in [-0.25, -0.2) is 9.50 Å². The van der Waals surface area contributed by atoms with Gasteiger partial charge in [0, 0.05) is 31.0 Å². The van der Waals surface area contributed by atoms with E-state index in [1.165, 1.54) is 12.8 Å². The van der Waals surface area contributed by atoms with Gasteiger partial charge in [-0.2, -0.15) is 5.10 Å². The van der Waals surface area contributed by atoms with Gasteiger partial charge in [-0.15, -0.1) is 0 Å². The highest BCUT2D eigenvalue weighted by Gasteiger charge is 2.25. The fourth-order valence-corrected chi connectivity index (χ4v) is 2.95. The highest BCUT2D eigenvalue weighted by atomic mass is 16.3. The van der Waals surface area contributed by atoms with Gasteiger partial charge in [0.1, 0.15) is 5.52 Å². The second kappa shape index (κ2) is 5.17. The Hall–Kier alpha value is -1.62. The van der Waals surface area contributed by atoms with E-state index in [-0.39, 0.29) is 6.61 Å². The van der Waals surface area contributed by atoms with Gasteiger partial charge in [-0.3, -0.25) is 0 Å². The van der Waals surface area contributed by atoms with Gasteiger partial charge in [0.2, 0.25) is 0 Å². The summed E-state index contributed by atoms with van der Waals surface area (Å²) in [5.41, 5.74) is 1.99. The third-order valence-corrected chi connectivity index (χ3v) is 3.98. The van der Waals surface area contributed by atoms with Crippen LogP contribution in [0.2, 0.25) is 0 Å². The molecule has 0 bridgehead atoms. The maximum absolute atomic E-state index is 9.48. The molecule has 19 heavy (non-hydrogen) atoms. The Balaban J connectivity index is 1.87. The molecule has 2 aromatic rings. The SMILES string of the molecule is Cc1cc2c(NC3CCCCC3CO)nccn2n1. The fourth-order valence-electron chi connectivity index (χ4n) is 2.95. The predicted octanol–water partition coefficient (Wildman–Crippen LogP) is 2.00. The smallest absolute Gasteiger partial charge is 0.152 e. The van der Waals surface area contributed by atoms with Crippen LogP contribution in [0.1, 0.15) is 31.4 Å². The van der Waals surface area contributed by atoms with Crippen molar-refractivity contribution in [3.05, 3.63) is 24.2 Å². The summed E-state index contributed by atoms with van der Waals surface area (Å²) in [6.45, 7) is 2.23. The van der Waals surface area contributed by atoms with Gasteiger partial charge >= 0.3 is 0 Å². The number of aryl methyl sites for hydroxylation is 1. The van der Waals surface area contributed by atoms with Crippen molar-refractivity contribution >= 4 is 11.3 Å². The van der Waals surface area contributed by atoms with E-state index in [4.69, 9.17) is 0 Å². The molecule has 0 aliphatic heterocycles. The van der Waals surface area contributed by atoms with Crippen LogP contribution in [-0.4, -0.2) is 32.4 Å². The Labute approximate surface area is 112 Å². The Morgan fingerprint density at radius 1 is 1.42 bits per heavy atom. The normalized spacial score (nSPS) is 23.7. The lowest BCUT2D eigenvalue weighted by molar-refractivity contribution is 0.178. The first kappa shape index (κ1) is 12.4. The van der Waals surface area contributed by atoms with Crippen LogP contribution >= 0.6 is 0 Å². The number of anilines is 1. The molecule has 2 heterocycles. The quantitative estimate of drug-likeness (QED) is 0.886. The lowest BCUT2D eigenvalue weighted by Crippen LogP contribution is -2.34. The molecule has 2 atom stereocenters. The molecule has 1 fully saturated rings. The molecule has 1 saturated carbocycles. The molecule has 102 valence electrons. The molecule has 0 spiro atoms. The number of aromatic nitrogens is 3. The van der Waals surface area contributed by atoms with Crippen molar-refractivity contribution in [2.24, 2.45) is 5.92 Å². The second-order valence-corrected chi connectivity index (χ2v) is 5.37. The molecular weight excluding hydrogens is 240 g/mol. The highest BCUT2D eigenvalue weighted by molar-refractivity contribution is 5.68. The first-order valence-corrected chi connectivity index (χ1v) is 6.96. The fraction of sp³-hybridized carbons (Fsp3) is 0.571. The largest absolute Gasteiger partial charge is 0.396 e. The van der Waals surface area contributed by atoms with E-state index in [1.807, 2.05) is 23.7 Å². The minimum absolute atomic E-state index is 0.249. The lowest BCUT2D eigenvalue weighted by Gasteiger charge is -2.31. The van der Waals surface area contributed by atoms with Crippen molar-refractivity contribution in [2.75, 3.05) is 11.9 Å². The molecule has 0 aromatic carbocycles. The van der Waals surface area contributed by atoms with Crippen molar-refractivity contribution in [2.45, 2.75) is 38.6 Å². The number of nitrogens with zero attached hydrogens (tertiary/aromatic N) is 3. The van der Waals surface area contributed by atoms with Gasteiger partial charge in [0.15, 0.2) is 5.82 Å². The summed E-state index contributed by atoms with van der Waals surface area (Å²) in [6, 6.07) is 2.35. The third-order valence-electron chi connectivity index (χ3n) is 3.98. The van der Waals surface area contributed by atoms with Crippen molar-refractivity contribution < 1.29 is 5.11 Å². The van der Waals surface area contributed by atoms with Gasteiger partial charge in [0.25, 0.3) is 0 Å². The maximum atomic E-state index is 9.48. The first-order valence-electron chi connectivity index (χ1n) is 6.96. The van der Waals surface area contributed by atoms with Gasteiger partial charge in [-0.1, -0.05) is 12.8 Å². The highest BCUT2D eigenvalue weighted by Crippen LogP contribution is 2.27. The topological polar surface area (TPSA) is 62.5 Å². The van der Waals surface area contributed by atoms with E-state index in [9.17, 15) is 5.11 Å². The molecule has 0 amide bonds. The molecule has 5 nitrogen and oxygen atoms in total. The monoisotopic (exact) mass is 260 g/mol. The van der Waals surface area contributed by atoms with E-state index >= 15 is 0 Å². The Morgan fingerprint density at radius 3 is 3.11 bits per heavy atom. The average Bonchev–Trinajstić information content (AvgIpc) is 2.81. The maximum Gasteiger partial charge on any atom is 0.152 e. The average molecular weight is 260 g/mol. The van der Waals surface area contributed by atoms with Gasteiger partial charge in [0.05, 0.1) is 5.69 Å². The van der Waals surface area contributed by atoms with Crippen LogP contribution in [0.5, 0.6) is 0 Å². The number of hydrogen-bond donors (Lipinski definition) is 2. The molecule has 1 aliphatic rings. The van der Waals surface area contributed by atoms with E-state index in [0.29, 0.717) is 12.0 Å². The molecular formula is C14H20N4O. The number of rotatable bonds is 3. The van der Waals surface area contributed by atoms with Gasteiger partial charge < -0.3 is 10.4 Å². The number of fused-ring (bicyclic) bond motifs is 1. The summed E-state index contributed by atoms with van der Waals surface area (Å²) < 4.78 is 1.85. The van der Waals surface area contributed by atoms with E-state index < -0.39 is 0 Å². The van der Waals surface area contributed by atoms with Crippen LogP contribution in [0, 0.1) is 12.8 Å². The minimum atomic E-state index is 0.249. The summed E-state index contributed by atoms with van der Waals surface area (Å²) in [4.78, 5) is 4.43. The molecule has 2 aromatic heterocycles. The Kier molecular flexibility index (Phi) is 3.38. The zero-order valence-corrected chi connectivity index (χ0v) is 11.2. The lowest BCUT2D eigenvalue weighted by atomic mass is 9.85. The Bertz CT molecular complexity index is 566. The van der Waals surface area contributed by atoms with Crippen LogP contribution in [-0.2, 0) is 0 Å². The van der Waals surface area contributed by atoms with E-state index in [2.05, 4.69) is 15.4 Å². The number of aliphatic hydroxyl groups is 1. The summed E-state index contributed by atoms with van der Waals surface area (Å²) >= 11 is 0. The van der Waals surface area contributed by atoms with Crippen molar-refractivity contribution in [3.63, 3.8) is 0 Å². The molecule has 2 N–H and O–H groups in total. The third kappa shape index (κ3) is 2.42. The van der Waals surface area contributed by atoms with Crippen LogP contribution in [0.4, 0.5) is 5.82 Å². The van der Waals surface area contributed by atoms with Crippen molar-refractivity contribution in [3.8, 4) is 0 Å². The molecule has 3 rings (SSSR count). The van der Waals surface area contributed by atoms with Crippen LogP contribution in [0.3, 0.4) is 0 Å². The van der Waals surface area contributed by atoms with Crippen molar-refractivity contribution in [1.29, 1.82) is 0 Å². The van der Waals surface area contributed by atoms with Crippen LogP contribution < -0.4 is 5.32 Å². The van der Waals surface area contributed by atoms with Crippen LogP contribution in [0.15, 0.2) is 18.5 Å². The number of nitrogens with one attached hydrogen (secondary N) is 1. The van der Waals surface area contributed by atoms with Crippen LogP contribution in [0.25, 0.3) is 5.52 Å². The molecule has 1 aliphatic carbocycles. The summed E-state index contributed by atoms with van der Waals surface area (Å²) in [6.07, 6.45) is 8.25.